The predicted octanol–water partition coefficient (Wildman–Crippen LogP) is 4.17. The molecule has 2 aromatic carbocycles. The van der Waals surface area contributed by atoms with Crippen LogP contribution in [0.4, 0.5) is 10.1 Å². The summed E-state index contributed by atoms with van der Waals surface area (Å²) in [7, 11) is 0. The smallest absolute Gasteiger partial charge is 0.270 e. The number of fused-ring (bicyclic) bond motifs is 1. The molecule has 2 heterocycles. The van der Waals surface area contributed by atoms with Crippen molar-refractivity contribution in [2.75, 3.05) is 5.32 Å². The van der Waals surface area contributed by atoms with Gasteiger partial charge in [-0.3, -0.25) is 4.79 Å². The molecule has 0 spiro atoms. The number of halogens is 1. The zero-order chi connectivity index (χ0) is 17.6. The van der Waals surface area contributed by atoms with E-state index in [2.05, 4.69) is 10.5 Å². The Bertz CT molecular complexity index is 961. The van der Waals surface area contributed by atoms with Crippen molar-refractivity contribution in [3.05, 3.63) is 65.3 Å². The van der Waals surface area contributed by atoms with Crippen LogP contribution in [-0.4, -0.2) is 11.1 Å². The summed E-state index contributed by atoms with van der Waals surface area (Å²) in [4.78, 5) is 12.3. The highest BCUT2D eigenvalue weighted by atomic mass is 19.1. The summed E-state index contributed by atoms with van der Waals surface area (Å²) < 4.78 is 24.6. The number of anilines is 1. The fourth-order valence-electron chi connectivity index (χ4n) is 3.04. The van der Waals surface area contributed by atoms with E-state index in [0.717, 1.165) is 16.8 Å². The van der Waals surface area contributed by atoms with E-state index in [0.29, 0.717) is 22.8 Å². The van der Waals surface area contributed by atoms with Gasteiger partial charge in [0.1, 0.15) is 17.3 Å². The lowest BCUT2D eigenvalue weighted by Gasteiger charge is -2.26. The topological polar surface area (TPSA) is 64.4 Å². The molecule has 0 aliphatic carbocycles. The highest BCUT2D eigenvalue weighted by molar-refractivity contribution is 5.98. The van der Waals surface area contributed by atoms with Gasteiger partial charge in [-0.25, -0.2) is 4.39 Å². The van der Waals surface area contributed by atoms with Gasteiger partial charge in [0, 0.05) is 11.1 Å². The third-order valence-electron chi connectivity index (χ3n) is 4.20. The average molecular weight is 338 g/mol. The Balaban J connectivity index is 1.74. The first-order chi connectivity index (χ1) is 12.0. The van der Waals surface area contributed by atoms with Gasteiger partial charge in [-0.1, -0.05) is 23.4 Å². The third-order valence-corrected chi connectivity index (χ3v) is 4.20. The van der Waals surface area contributed by atoms with E-state index in [1.54, 1.807) is 18.2 Å². The fourth-order valence-corrected chi connectivity index (χ4v) is 3.04. The van der Waals surface area contributed by atoms with Gasteiger partial charge in [0.25, 0.3) is 5.91 Å². The zero-order valence-corrected chi connectivity index (χ0v) is 13.7. The van der Waals surface area contributed by atoms with Gasteiger partial charge in [-0.05, 0) is 43.7 Å². The van der Waals surface area contributed by atoms with Crippen LogP contribution in [0, 0.1) is 19.7 Å². The van der Waals surface area contributed by atoms with Gasteiger partial charge < -0.3 is 14.6 Å². The molecular weight excluding hydrogens is 323 g/mol. The molecule has 0 saturated carbocycles. The van der Waals surface area contributed by atoms with Crippen molar-refractivity contribution < 1.29 is 18.4 Å². The molecule has 126 valence electrons. The third kappa shape index (κ3) is 2.65. The van der Waals surface area contributed by atoms with Crippen LogP contribution in [0.2, 0.25) is 0 Å². The molecule has 1 N–H and O–H groups in total. The Morgan fingerprint density at radius 1 is 1.16 bits per heavy atom. The molecule has 25 heavy (non-hydrogen) atoms. The Hall–Kier alpha value is -3.15. The van der Waals surface area contributed by atoms with Crippen molar-refractivity contribution in [1.29, 1.82) is 0 Å². The van der Waals surface area contributed by atoms with E-state index in [4.69, 9.17) is 9.26 Å². The van der Waals surface area contributed by atoms with Crippen molar-refractivity contribution in [1.82, 2.24) is 5.16 Å². The molecule has 5 nitrogen and oxygen atoms in total. The normalized spacial score (nSPS) is 16.1. The number of hydrogen-bond acceptors (Lipinski definition) is 4. The number of benzene rings is 2. The standard InChI is InChI=1S/C19H15FN2O3/c1-10-17(11(2)25-22-10)12-6-7-15-16(9-12)24-18(19(23)21-15)13-4-3-5-14(20)8-13/h3-9,18H,1-2H3,(H,21,23). The van der Waals surface area contributed by atoms with E-state index in [9.17, 15) is 9.18 Å². The summed E-state index contributed by atoms with van der Waals surface area (Å²) in [6, 6.07) is 11.3. The number of nitrogens with zero attached hydrogens (tertiary/aromatic N) is 1. The maximum absolute atomic E-state index is 13.5. The van der Waals surface area contributed by atoms with Crippen molar-refractivity contribution in [2.24, 2.45) is 0 Å². The van der Waals surface area contributed by atoms with Crippen molar-refractivity contribution in [3.63, 3.8) is 0 Å². The Morgan fingerprint density at radius 2 is 2.00 bits per heavy atom. The second kappa shape index (κ2) is 5.73. The lowest BCUT2D eigenvalue weighted by Crippen LogP contribution is -2.30. The van der Waals surface area contributed by atoms with Crippen LogP contribution in [0.15, 0.2) is 47.0 Å². The molecule has 1 atom stereocenters. The highest BCUT2D eigenvalue weighted by Crippen LogP contribution is 2.39. The molecule has 4 rings (SSSR count). The average Bonchev–Trinajstić information content (AvgIpc) is 2.92. The predicted molar refractivity (Wildman–Crippen MR) is 89.8 cm³/mol. The number of nitrogens with one attached hydrogen (secondary N) is 1. The number of carbonyl (C=O) groups is 1. The highest BCUT2D eigenvalue weighted by Gasteiger charge is 2.30. The zero-order valence-electron chi connectivity index (χ0n) is 13.7. The molecule has 3 aromatic rings. The minimum atomic E-state index is -0.900. The number of hydrogen-bond donors (Lipinski definition) is 1. The summed E-state index contributed by atoms with van der Waals surface area (Å²) >= 11 is 0. The molecule has 1 aromatic heterocycles. The maximum Gasteiger partial charge on any atom is 0.270 e. The quantitative estimate of drug-likeness (QED) is 0.762. The maximum atomic E-state index is 13.5. The molecule has 1 aliphatic rings. The van der Waals surface area contributed by atoms with Crippen LogP contribution < -0.4 is 10.1 Å². The van der Waals surface area contributed by atoms with Gasteiger partial charge >= 0.3 is 0 Å². The molecule has 0 bridgehead atoms. The lowest BCUT2D eigenvalue weighted by atomic mass is 10.0. The summed E-state index contributed by atoms with van der Waals surface area (Å²) in [6.45, 7) is 3.70. The van der Waals surface area contributed by atoms with E-state index in [1.165, 1.54) is 12.1 Å². The Labute approximate surface area is 143 Å². The number of aromatic nitrogens is 1. The van der Waals surface area contributed by atoms with Crippen LogP contribution in [-0.2, 0) is 4.79 Å². The first kappa shape index (κ1) is 15.4. The van der Waals surface area contributed by atoms with E-state index >= 15 is 0 Å². The van der Waals surface area contributed by atoms with Gasteiger partial charge in [-0.2, -0.15) is 0 Å². The van der Waals surface area contributed by atoms with E-state index in [1.807, 2.05) is 26.0 Å². The molecular formula is C19H15FN2O3. The van der Waals surface area contributed by atoms with E-state index < -0.39 is 11.9 Å². The van der Waals surface area contributed by atoms with Crippen LogP contribution >= 0.6 is 0 Å². The number of ether oxygens (including phenoxy) is 1. The van der Waals surface area contributed by atoms with Gasteiger partial charge in [-0.15, -0.1) is 0 Å². The Morgan fingerprint density at radius 3 is 2.72 bits per heavy atom. The summed E-state index contributed by atoms with van der Waals surface area (Å²) in [5.74, 6) is 0.484. The monoisotopic (exact) mass is 338 g/mol. The summed E-state index contributed by atoms with van der Waals surface area (Å²) in [5.41, 5.74) is 3.59. The SMILES string of the molecule is Cc1noc(C)c1-c1ccc2c(c1)OC(c1cccc(F)c1)C(=O)N2. The fraction of sp³-hybridized carbons (Fsp3) is 0.158. The van der Waals surface area contributed by atoms with Gasteiger partial charge in [0.15, 0.2) is 0 Å². The molecule has 6 heteroatoms. The first-order valence-corrected chi connectivity index (χ1v) is 7.83. The van der Waals surface area contributed by atoms with Crippen molar-refractivity contribution in [3.8, 4) is 16.9 Å². The minimum Gasteiger partial charge on any atom is -0.474 e. The number of aryl methyl sites for hydroxylation is 2. The van der Waals surface area contributed by atoms with Crippen LogP contribution in [0.5, 0.6) is 5.75 Å². The van der Waals surface area contributed by atoms with Crippen molar-refractivity contribution in [2.45, 2.75) is 20.0 Å². The number of rotatable bonds is 2. The summed E-state index contributed by atoms with van der Waals surface area (Å²) in [6.07, 6.45) is -0.900. The molecule has 1 aliphatic heterocycles. The molecule has 0 radical (unpaired) electrons. The second-order valence-electron chi connectivity index (χ2n) is 5.95. The molecule has 0 fully saturated rings. The van der Waals surface area contributed by atoms with Crippen molar-refractivity contribution >= 4 is 11.6 Å². The largest absolute Gasteiger partial charge is 0.474 e. The Kier molecular flexibility index (Phi) is 3.53. The van der Waals surface area contributed by atoms with Gasteiger partial charge in [0.05, 0.1) is 11.4 Å². The molecule has 1 amide bonds. The molecule has 1 unspecified atom stereocenters. The minimum absolute atomic E-state index is 0.330. The van der Waals surface area contributed by atoms with Crippen LogP contribution in [0.3, 0.4) is 0 Å². The number of carbonyl (C=O) groups excluding carboxylic acids is 1. The van der Waals surface area contributed by atoms with Crippen LogP contribution in [0.25, 0.3) is 11.1 Å². The second-order valence-corrected chi connectivity index (χ2v) is 5.95. The van der Waals surface area contributed by atoms with Crippen LogP contribution in [0.1, 0.15) is 23.1 Å². The van der Waals surface area contributed by atoms with E-state index in [-0.39, 0.29) is 5.91 Å². The summed E-state index contributed by atoms with van der Waals surface area (Å²) in [5, 5.41) is 6.77. The molecule has 0 saturated heterocycles. The number of amides is 1. The van der Waals surface area contributed by atoms with Gasteiger partial charge in [0.2, 0.25) is 6.10 Å². The first-order valence-electron chi connectivity index (χ1n) is 7.83. The lowest BCUT2D eigenvalue weighted by molar-refractivity contribution is -0.123.